The lowest BCUT2D eigenvalue weighted by atomic mass is 10.2. The van der Waals surface area contributed by atoms with Crippen molar-refractivity contribution in [2.24, 2.45) is 0 Å². The number of aliphatic hydroxyl groups excluding tert-OH is 1. The number of benzene rings is 2. The number of imidazole rings is 1. The van der Waals surface area contributed by atoms with Gasteiger partial charge in [0, 0.05) is 11.1 Å². The zero-order valence-corrected chi connectivity index (χ0v) is 20.5. The summed E-state index contributed by atoms with van der Waals surface area (Å²) in [6.45, 7) is 0. The first-order valence-corrected chi connectivity index (χ1v) is 12.6. The first kappa shape index (κ1) is 23.4. The Morgan fingerprint density at radius 1 is 1.20 bits per heavy atom. The van der Waals surface area contributed by atoms with Gasteiger partial charge in [0.25, 0.3) is 5.56 Å². The van der Waals surface area contributed by atoms with Crippen LogP contribution in [0, 0.1) is 0 Å². The molecule has 8 nitrogen and oxygen atoms in total. The van der Waals surface area contributed by atoms with E-state index in [0.717, 1.165) is 31.2 Å². The number of carbonyl (C=O) groups excluding carboxylic acids is 1. The minimum atomic E-state index is -0.714. The van der Waals surface area contributed by atoms with Crippen molar-refractivity contribution in [2.45, 2.75) is 36.9 Å². The van der Waals surface area contributed by atoms with Crippen LogP contribution in [0.25, 0.3) is 27.5 Å². The Hall–Kier alpha value is -3.30. The van der Waals surface area contributed by atoms with Gasteiger partial charge in [-0.2, -0.15) is 0 Å². The highest BCUT2D eigenvalue weighted by Gasteiger charge is 2.25. The molecule has 35 heavy (non-hydrogen) atoms. The Morgan fingerprint density at radius 2 is 1.97 bits per heavy atom. The molecule has 2 heterocycles. The summed E-state index contributed by atoms with van der Waals surface area (Å²) in [5, 5.41) is 12.5. The lowest BCUT2D eigenvalue weighted by molar-refractivity contribution is -0.133. The van der Waals surface area contributed by atoms with Gasteiger partial charge in [-0.05, 0) is 43.2 Å². The van der Waals surface area contributed by atoms with Gasteiger partial charge in [0.05, 0.1) is 34.8 Å². The highest BCUT2D eigenvalue weighted by atomic mass is 35.5. The van der Waals surface area contributed by atoms with Crippen molar-refractivity contribution in [3.63, 3.8) is 0 Å². The van der Waals surface area contributed by atoms with Crippen molar-refractivity contribution in [3.05, 3.63) is 69.4 Å². The second-order valence-electron chi connectivity index (χ2n) is 8.37. The zero-order chi connectivity index (χ0) is 24.5. The number of H-pyrrole nitrogens is 1. The van der Waals surface area contributed by atoms with Gasteiger partial charge in [-0.1, -0.05) is 48.3 Å². The fourth-order valence-corrected chi connectivity index (χ4v) is 5.58. The largest absolute Gasteiger partial charge is 0.510 e. The van der Waals surface area contributed by atoms with Crippen LogP contribution < -0.4 is 5.56 Å². The average molecular weight is 511 g/mol. The Balaban J connectivity index is 1.56. The van der Waals surface area contributed by atoms with Crippen molar-refractivity contribution >= 4 is 56.8 Å². The quantitative estimate of drug-likeness (QED) is 0.119. The van der Waals surface area contributed by atoms with Crippen LogP contribution in [0.4, 0.5) is 0 Å². The molecule has 0 unspecified atom stereocenters. The average Bonchev–Trinajstić information content (AvgIpc) is 3.52. The van der Waals surface area contributed by atoms with Crippen LogP contribution in [-0.4, -0.2) is 43.5 Å². The normalized spacial score (nSPS) is 15.0. The summed E-state index contributed by atoms with van der Waals surface area (Å²) in [6.07, 6.45) is 3.87. The molecule has 10 heteroatoms. The lowest BCUT2D eigenvalue weighted by Crippen LogP contribution is -2.26. The van der Waals surface area contributed by atoms with Crippen LogP contribution in [0.5, 0.6) is 0 Å². The van der Waals surface area contributed by atoms with Crippen molar-refractivity contribution in [1.29, 1.82) is 0 Å². The Morgan fingerprint density at radius 3 is 2.71 bits per heavy atom. The van der Waals surface area contributed by atoms with E-state index in [1.807, 2.05) is 18.2 Å². The zero-order valence-electron chi connectivity index (χ0n) is 19.0. The van der Waals surface area contributed by atoms with Crippen LogP contribution in [0.3, 0.4) is 0 Å². The minimum Gasteiger partial charge on any atom is -0.510 e. The molecule has 0 spiro atoms. The number of methoxy groups -OCH3 is 1. The van der Waals surface area contributed by atoms with E-state index in [0.29, 0.717) is 26.6 Å². The standard InChI is InChI=1S/C25H23ClN4O4S/c1-34-24(33)21(22-27-17-8-4-5-9-18(17)28-22)20(31)13-35-25-29-19-12-14(26)10-11-16(19)23(32)30(25)15-6-2-3-7-15/h4-5,8-12,15,31H,2-3,6-7,13H2,1H3,(H,27,28)/b21-20+. The summed E-state index contributed by atoms with van der Waals surface area (Å²) < 4.78 is 6.64. The number of thioether (sulfide) groups is 1. The third-order valence-corrected chi connectivity index (χ3v) is 7.36. The number of halogens is 1. The molecule has 0 bridgehead atoms. The molecule has 0 atom stereocenters. The number of fused-ring (bicyclic) bond motifs is 2. The Bertz CT molecular complexity index is 1490. The van der Waals surface area contributed by atoms with E-state index >= 15 is 0 Å². The van der Waals surface area contributed by atoms with Crippen molar-refractivity contribution in [3.8, 4) is 0 Å². The molecular weight excluding hydrogens is 488 g/mol. The number of nitrogens with one attached hydrogen (secondary N) is 1. The van der Waals surface area contributed by atoms with Crippen LogP contribution in [0.2, 0.25) is 5.02 Å². The van der Waals surface area contributed by atoms with E-state index in [-0.39, 0.29) is 34.5 Å². The van der Waals surface area contributed by atoms with Gasteiger partial charge < -0.3 is 14.8 Å². The highest BCUT2D eigenvalue weighted by Crippen LogP contribution is 2.33. The molecule has 1 aliphatic rings. The molecule has 2 N–H and O–H groups in total. The number of esters is 1. The smallest absolute Gasteiger partial charge is 0.345 e. The maximum Gasteiger partial charge on any atom is 0.345 e. The third kappa shape index (κ3) is 4.53. The number of aromatic amines is 1. The lowest BCUT2D eigenvalue weighted by Gasteiger charge is -2.18. The SMILES string of the molecule is COC(=O)/C(=C(/O)CSc1nc2cc(Cl)ccc2c(=O)n1C1CCCC1)c1nc2ccccc2[nH]1. The molecule has 1 aliphatic carbocycles. The summed E-state index contributed by atoms with van der Waals surface area (Å²) >= 11 is 7.33. The molecule has 1 saturated carbocycles. The van der Waals surface area contributed by atoms with E-state index in [4.69, 9.17) is 21.3 Å². The van der Waals surface area contributed by atoms with Gasteiger partial charge in [-0.25, -0.2) is 14.8 Å². The molecule has 180 valence electrons. The second-order valence-corrected chi connectivity index (χ2v) is 9.75. The number of para-hydroxylation sites is 2. The van der Waals surface area contributed by atoms with Crippen molar-refractivity contribution in [2.75, 3.05) is 12.9 Å². The summed E-state index contributed by atoms with van der Waals surface area (Å²) in [4.78, 5) is 38.2. The van der Waals surface area contributed by atoms with Crippen molar-refractivity contribution in [1.82, 2.24) is 19.5 Å². The number of hydrogen-bond acceptors (Lipinski definition) is 7. The predicted molar refractivity (Wildman–Crippen MR) is 137 cm³/mol. The molecule has 5 rings (SSSR count). The van der Waals surface area contributed by atoms with Crippen LogP contribution >= 0.6 is 23.4 Å². The molecule has 4 aromatic rings. The molecular formula is C25H23ClN4O4S. The Kier molecular flexibility index (Phi) is 6.53. The van der Waals surface area contributed by atoms with Gasteiger partial charge in [0.2, 0.25) is 0 Å². The highest BCUT2D eigenvalue weighted by molar-refractivity contribution is 7.99. The molecule has 0 saturated heterocycles. The van der Waals surface area contributed by atoms with Crippen LogP contribution in [-0.2, 0) is 9.53 Å². The first-order chi connectivity index (χ1) is 17.0. The molecule has 0 aliphatic heterocycles. The first-order valence-electron chi connectivity index (χ1n) is 11.3. The van der Waals surface area contributed by atoms with E-state index in [2.05, 4.69) is 9.97 Å². The number of aromatic nitrogens is 4. The molecule has 0 radical (unpaired) electrons. The number of rotatable bonds is 6. The number of nitrogens with zero attached hydrogens (tertiary/aromatic N) is 3. The van der Waals surface area contributed by atoms with Gasteiger partial charge in [-0.15, -0.1) is 0 Å². The monoisotopic (exact) mass is 510 g/mol. The van der Waals surface area contributed by atoms with Gasteiger partial charge in [0.15, 0.2) is 5.16 Å². The third-order valence-electron chi connectivity index (χ3n) is 6.16. The predicted octanol–water partition coefficient (Wildman–Crippen LogP) is 5.28. The summed E-state index contributed by atoms with van der Waals surface area (Å²) in [6, 6.07) is 12.4. The van der Waals surface area contributed by atoms with E-state index < -0.39 is 5.97 Å². The maximum absolute atomic E-state index is 13.4. The maximum atomic E-state index is 13.4. The number of carbonyl (C=O) groups is 1. The fraction of sp³-hybridized carbons (Fsp3) is 0.280. The number of aliphatic hydroxyl groups is 1. The number of hydrogen-bond donors (Lipinski definition) is 2. The van der Waals surface area contributed by atoms with Crippen LogP contribution in [0.15, 0.2) is 58.2 Å². The number of ether oxygens (including phenoxy) is 1. The topological polar surface area (TPSA) is 110 Å². The molecule has 2 aromatic heterocycles. The molecule has 1 fully saturated rings. The van der Waals surface area contributed by atoms with Crippen molar-refractivity contribution < 1.29 is 14.6 Å². The molecule has 0 amide bonds. The molecule has 2 aromatic carbocycles. The summed E-state index contributed by atoms with van der Waals surface area (Å²) in [5.74, 6) is -0.734. The van der Waals surface area contributed by atoms with Gasteiger partial charge >= 0.3 is 5.97 Å². The van der Waals surface area contributed by atoms with Crippen LogP contribution in [0.1, 0.15) is 37.5 Å². The summed E-state index contributed by atoms with van der Waals surface area (Å²) in [7, 11) is 1.25. The fourth-order valence-electron chi connectivity index (χ4n) is 4.47. The van der Waals surface area contributed by atoms with E-state index in [9.17, 15) is 14.7 Å². The second kappa shape index (κ2) is 9.75. The Labute approximate surface area is 210 Å². The minimum absolute atomic E-state index is 0.00723. The summed E-state index contributed by atoms with van der Waals surface area (Å²) in [5.41, 5.74) is 1.69. The van der Waals surface area contributed by atoms with E-state index in [1.165, 1.54) is 18.9 Å². The van der Waals surface area contributed by atoms with E-state index in [1.54, 1.807) is 28.8 Å². The van der Waals surface area contributed by atoms with Gasteiger partial charge in [-0.3, -0.25) is 9.36 Å². The van der Waals surface area contributed by atoms with Gasteiger partial charge in [0.1, 0.15) is 17.2 Å².